The molecule has 0 fully saturated rings. The van der Waals surface area contributed by atoms with E-state index in [9.17, 15) is 14.4 Å². The molecular formula is C19H24N2O5S2. The lowest BCUT2D eigenvalue weighted by atomic mass is 10.0. The number of esters is 2. The molecule has 0 spiro atoms. The van der Waals surface area contributed by atoms with Crippen LogP contribution >= 0.6 is 10.8 Å². The van der Waals surface area contributed by atoms with Crippen LogP contribution in [0.4, 0.5) is 0 Å². The Morgan fingerprint density at radius 3 is 2.46 bits per heavy atom. The SMILES string of the molecule is CCCC(C)S1=NC(c2ccc(OC(C)=O)c(CC(N)=O)c2OC(C)=O)=CS1. The third-order valence-electron chi connectivity index (χ3n) is 3.83. The number of rotatable bonds is 8. The zero-order valence-electron chi connectivity index (χ0n) is 16.3. The summed E-state index contributed by atoms with van der Waals surface area (Å²) in [6, 6.07) is 3.24. The first-order valence-electron chi connectivity index (χ1n) is 8.86. The first kappa shape index (κ1) is 22.2. The summed E-state index contributed by atoms with van der Waals surface area (Å²) < 4.78 is 15.4. The Morgan fingerprint density at radius 2 is 1.89 bits per heavy atom. The van der Waals surface area contributed by atoms with Crippen LogP contribution in [0.5, 0.6) is 11.5 Å². The van der Waals surface area contributed by atoms with Crippen LogP contribution in [0.15, 0.2) is 21.9 Å². The number of nitrogens with two attached hydrogens (primary N) is 1. The average molecular weight is 425 g/mol. The van der Waals surface area contributed by atoms with E-state index in [0.717, 1.165) is 12.8 Å². The number of hydrogen-bond acceptors (Lipinski definition) is 7. The number of amides is 1. The van der Waals surface area contributed by atoms with Crippen LogP contribution in [-0.4, -0.2) is 23.1 Å². The van der Waals surface area contributed by atoms with Gasteiger partial charge in [-0.25, -0.2) is 4.36 Å². The topological polar surface area (TPSA) is 108 Å². The quantitative estimate of drug-likeness (QED) is 0.389. The van der Waals surface area contributed by atoms with Crippen molar-refractivity contribution >= 4 is 44.1 Å². The van der Waals surface area contributed by atoms with Crippen molar-refractivity contribution in [3.8, 4) is 11.5 Å². The largest absolute Gasteiger partial charge is 0.426 e. The van der Waals surface area contributed by atoms with Gasteiger partial charge in [-0.15, -0.1) is 0 Å². The van der Waals surface area contributed by atoms with E-state index in [2.05, 4.69) is 13.8 Å². The molecule has 152 valence electrons. The van der Waals surface area contributed by atoms with Crippen LogP contribution in [0.2, 0.25) is 0 Å². The molecule has 0 saturated heterocycles. The molecule has 0 aromatic heterocycles. The maximum absolute atomic E-state index is 11.7. The Bertz CT molecular complexity index is 864. The van der Waals surface area contributed by atoms with Crippen molar-refractivity contribution in [1.29, 1.82) is 0 Å². The fourth-order valence-corrected chi connectivity index (χ4v) is 6.13. The average Bonchev–Trinajstić information content (AvgIpc) is 3.06. The summed E-state index contributed by atoms with van der Waals surface area (Å²) in [5.41, 5.74) is 6.85. The van der Waals surface area contributed by atoms with E-state index in [1.165, 1.54) is 13.8 Å². The number of benzene rings is 1. The highest BCUT2D eigenvalue weighted by Crippen LogP contribution is 2.42. The highest BCUT2D eigenvalue weighted by Gasteiger charge is 2.25. The van der Waals surface area contributed by atoms with E-state index >= 15 is 0 Å². The van der Waals surface area contributed by atoms with Gasteiger partial charge in [0.1, 0.15) is 11.5 Å². The molecule has 0 radical (unpaired) electrons. The predicted octanol–water partition coefficient (Wildman–Crippen LogP) is 3.52. The van der Waals surface area contributed by atoms with Crippen molar-refractivity contribution in [1.82, 2.24) is 0 Å². The minimum Gasteiger partial charge on any atom is -0.426 e. The zero-order chi connectivity index (χ0) is 20.8. The van der Waals surface area contributed by atoms with Gasteiger partial charge in [-0.2, -0.15) is 0 Å². The molecule has 1 aliphatic heterocycles. The van der Waals surface area contributed by atoms with E-state index in [1.807, 2.05) is 5.41 Å². The number of nitrogens with zero attached hydrogens (tertiary/aromatic N) is 1. The van der Waals surface area contributed by atoms with E-state index in [4.69, 9.17) is 19.6 Å². The van der Waals surface area contributed by atoms with E-state index in [1.54, 1.807) is 22.9 Å². The molecule has 1 amide bonds. The lowest BCUT2D eigenvalue weighted by molar-refractivity contribution is -0.132. The second-order valence-electron chi connectivity index (χ2n) is 6.32. The van der Waals surface area contributed by atoms with Gasteiger partial charge >= 0.3 is 11.9 Å². The molecule has 1 aromatic rings. The summed E-state index contributed by atoms with van der Waals surface area (Å²) in [6.07, 6.45) is 1.90. The van der Waals surface area contributed by atoms with Crippen LogP contribution in [0.3, 0.4) is 0 Å². The third kappa shape index (κ3) is 5.68. The fraction of sp³-hybridized carbons (Fsp3) is 0.421. The summed E-state index contributed by atoms with van der Waals surface area (Å²) in [5, 5.41) is 2.35. The van der Waals surface area contributed by atoms with Crippen LogP contribution in [0.25, 0.3) is 5.70 Å². The Kier molecular flexibility index (Phi) is 7.82. The molecule has 0 bridgehead atoms. The molecule has 28 heavy (non-hydrogen) atoms. The Hall–Kier alpha value is -2.13. The Balaban J connectivity index is 2.56. The number of carbonyl (C=O) groups excluding carboxylic acids is 3. The molecule has 2 rings (SSSR count). The van der Waals surface area contributed by atoms with Gasteiger partial charge in [0, 0.05) is 35.6 Å². The number of primary amides is 1. The summed E-state index contributed by atoms with van der Waals surface area (Å²) in [6.45, 7) is 6.81. The first-order chi connectivity index (χ1) is 13.2. The monoisotopic (exact) mass is 424 g/mol. The molecule has 9 heteroatoms. The molecule has 7 nitrogen and oxygen atoms in total. The maximum Gasteiger partial charge on any atom is 0.308 e. The Morgan fingerprint density at radius 1 is 1.21 bits per heavy atom. The van der Waals surface area contributed by atoms with Crippen molar-refractivity contribution in [3.63, 3.8) is 0 Å². The summed E-state index contributed by atoms with van der Waals surface area (Å²) in [7, 11) is 1.41. The van der Waals surface area contributed by atoms with Crippen LogP contribution in [0.1, 0.15) is 51.7 Å². The third-order valence-corrected chi connectivity index (χ3v) is 7.74. The highest BCUT2D eigenvalue weighted by molar-refractivity contribution is 8.71. The lowest BCUT2D eigenvalue weighted by Crippen LogP contribution is -2.17. The first-order valence-corrected chi connectivity index (χ1v) is 11.5. The number of ether oxygens (including phenoxy) is 2. The van der Waals surface area contributed by atoms with Gasteiger partial charge in [0.2, 0.25) is 5.91 Å². The second kappa shape index (κ2) is 9.88. The summed E-state index contributed by atoms with van der Waals surface area (Å²) in [4.78, 5) is 34.7. The molecular weight excluding hydrogens is 400 g/mol. The van der Waals surface area contributed by atoms with E-state index < -0.39 is 17.8 Å². The van der Waals surface area contributed by atoms with Crippen molar-refractivity contribution < 1.29 is 23.9 Å². The smallest absolute Gasteiger partial charge is 0.308 e. The number of hydrogen-bond donors (Lipinski definition) is 1. The summed E-state index contributed by atoms with van der Waals surface area (Å²) in [5.74, 6) is -1.47. The highest BCUT2D eigenvalue weighted by atomic mass is 33.1. The van der Waals surface area contributed by atoms with Crippen LogP contribution in [-0.2, 0) is 30.5 Å². The van der Waals surface area contributed by atoms with Gasteiger partial charge in [-0.05, 0) is 28.3 Å². The van der Waals surface area contributed by atoms with Crippen molar-refractivity contribution in [3.05, 3.63) is 28.7 Å². The van der Waals surface area contributed by atoms with Crippen molar-refractivity contribution in [2.24, 2.45) is 10.1 Å². The molecule has 2 atom stereocenters. The lowest BCUT2D eigenvalue weighted by Gasteiger charge is -2.16. The van der Waals surface area contributed by atoms with Gasteiger partial charge in [0.05, 0.1) is 12.1 Å². The van der Waals surface area contributed by atoms with E-state index in [0.29, 0.717) is 16.5 Å². The minimum atomic E-state index is -0.637. The molecule has 0 saturated carbocycles. The maximum atomic E-state index is 11.7. The molecule has 1 aliphatic rings. The van der Waals surface area contributed by atoms with Gasteiger partial charge in [-0.1, -0.05) is 31.1 Å². The van der Waals surface area contributed by atoms with Gasteiger partial charge in [0.25, 0.3) is 0 Å². The van der Waals surface area contributed by atoms with Crippen molar-refractivity contribution in [2.75, 3.05) is 0 Å². The minimum absolute atomic E-state index is 0.135. The molecule has 2 N–H and O–H groups in total. The molecule has 1 aromatic carbocycles. The predicted molar refractivity (Wildman–Crippen MR) is 112 cm³/mol. The van der Waals surface area contributed by atoms with Gasteiger partial charge < -0.3 is 15.2 Å². The van der Waals surface area contributed by atoms with Crippen LogP contribution < -0.4 is 15.2 Å². The molecule has 2 unspecified atom stereocenters. The summed E-state index contributed by atoms with van der Waals surface area (Å²) >= 11 is 0. The normalized spacial score (nSPS) is 16.7. The standard InChI is InChI=1S/C19H24N2O5S2/c1-5-6-11(2)28-21-16(10-27-28)14-7-8-17(25-12(3)22)15(9-18(20)24)19(14)26-13(4)23/h7-8,10-11H,5-6,9H2,1-4H3,(H2,20,24). The second-order valence-corrected chi connectivity index (χ2v) is 9.89. The Labute approximate surface area is 170 Å². The number of carbonyl (C=O) groups is 3. The van der Waals surface area contributed by atoms with Gasteiger partial charge in [-0.3, -0.25) is 14.4 Å². The zero-order valence-corrected chi connectivity index (χ0v) is 17.9. The van der Waals surface area contributed by atoms with Crippen LogP contribution in [0, 0.1) is 0 Å². The van der Waals surface area contributed by atoms with Crippen molar-refractivity contribution in [2.45, 2.75) is 52.2 Å². The molecule has 1 heterocycles. The van der Waals surface area contributed by atoms with Gasteiger partial charge in [0.15, 0.2) is 0 Å². The van der Waals surface area contributed by atoms with E-state index in [-0.39, 0.29) is 33.2 Å². The molecule has 0 aliphatic carbocycles. The fourth-order valence-electron chi connectivity index (χ4n) is 2.70.